The van der Waals surface area contributed by atoms with Crippen molar-refractivity contribution in [1.82, 2.24) is 20.4 Å². The van der Waals surface area contributed by atoms with Gasteiger partial charge in [-0.1, -0.05) is 12.1 Å². The van der Waals surface area contributed by atoms with Crippen LogP contribution >= 0.6 is 12.4 Å². The number of nitrogens with zero attached hydrogens (tertiary/aromatic N) is 3. The third-order valence-corrected chi connectivity index (χ3v) is 5.25. The standard InChI is InChI=1S/C21H30N4O3.ClH/c1-3-22-15-16-11-13-25(14-12-16)20(26)6-4-5-19-23-21(24-28-19)17-7-9-18(27-2)10-8-17;/h7-10,16,22H,3-6,11-15H2,1-2H3;1H. The lowest BCUT2D eigenvalue weighted by molar-refractivity contribution is -0.132. The second kappa shape index (κ2) is 11.8. The van der Waals surface area contributed by atoms with Gasteiger partial charge in [0, 0.05) is 31.5 Å². The predicted octanol–water partition coefficient (Wildman–Crippen LogP) is 3.34. The molecule has 0 atom stereocenters. The van der Waals surface area contributed by atoms with Crippen molar-refractivity contribution >= 4 is 18.3 Å². The van der Waals surface area contributed by atoms with Gasteiger partial charge in [0.15, 0.2) is 0 Å². The van der Waals surface area contributed by atoms with Crippen LogP contribution < -0.4 is 10.1 Å². The Bertz CT molecular complexity index is 743. The van der Waals surface area contributed by atoms with Crippen LogP contribution in [0.5, 0.6) is 5.75 Å². The number of piperidine rings is 1. The quantitative estimate of drug-likeness (QED) is 0.667. The Morgan fingerprint density at radius 1 is 1.28 bits per heavy atom. The van der Waals surface area contributed by atoms with Crippen molar-refractivity contribution < 1.29 is 14.1 Å². The number of likely N-dealkylation sites (tertiary alicyclic amines) is 1. The summed E-state index contributed by atoms with van der Waals surface area (Å²) < 4.78 is 10.5. The zero-order valence-corrected chi connectivity index (χ0v) is 18.0. The summed E-state index contributed by atoms with van der Waals surface area (Å²) >= 11 is 0. The number of hydrogen-bond donors (Lipinski definition) is 1. The Morgan fingerprint density at radius 3 is 2.66 bits per heavy atom. The summed E-state index contributed by atoms with van der Waals surface area (Å²) in [5, 5.41) is 7.44. The maximum atomic E-state index is 12.4. The van der Waals surface area contributed by atoms with Gasteiger partial charge in [-0.2, -0.15) is 4.98 Å². The minimum Gasteiger partial charge on any atom is -0.497 e. The van der Waals surface area contributed by atoms with Crippen LogP contribution in [0, 0.1) is 5.92 Å². The lowest BCUT2D eigenvalue weighted by Crippen LogP contribution is -2.40. The molecule has 0 aliphatic carbocycles. The summed E-state index contributed by atoms with van der Waals surface area (Å²) in [5.41, 5.74) is 0.882. The molecular formula is C21H31ClN4O3. The number of nitrogens with one attached hydrogen (secondary N) is 1. The van der Waals surface area contributed by atoms with E-state index in [1.54, 1.807) is 7.11 Å². The van der Waals surface area contributed by atoms with Crippen LogP contribution in [0.15, 0.2) is 28.8 Å². The number of benzene rings is 1. The Labute approximate surface area is 178 Å². The second-order valence-electron chi connectivity index (χ2n) is 7.23. The average Bonchev–Trinajstić information content (AvgIpc) is 3.21. The summed E-state index contributed by atoms with van der Waals surface area (Å²) in [6, 6.07) is 7.53. The third-order valence-electron chi connectivity index (χ3n) is 5.25. The second-order valence-corrected chi connectivity index (χ2v) is 7.23. The monoisotopic (exact) mass is 422 g/mol. The number of carbonyl (C=O) groups excluding carboxylic acids is 1. The Hall–Kier alpha value is -2.12. The van der Waals surface area contributed by atoms with E-state index in [-0.39, 0.29) is 18.3 Å². The highest BCUT2D eigenvalue weighted by Gasteiger charge is 2.22. The zero-order chi connectivity index (χ0) is 19.8. The first-order valence-electron chi connectivity index (χ1n) is 10.1. The number of amides is 1. The van der Waals surface area contributed by atoms with Crippen molar-refractivity contribution in [2.24, 2.45) is 5.92 Å². The molecule has 0 radical (unpaired) electrons. The molecule has 1 aliphatic heterocycles. The summed E-state index contributed by atoms with van der Waals surface area (Å²) in [6.07, 6.45) is 4.05. The molecule has 29 heavy (non-hydrogen) atoms. The van der Waals surface area contributed by atoms with Gasteiger partial charge in [-0.25, -0.2) is 0 Å². The van der Waals surface area contributed by atoms with Gasteiger partial charge >= 0.3 is 0 Å². The van der Waals surface area contributed by atoms with Crippen LogP contribution in [-0.2, 0) is 11.2 Å². The summed E-state index contributed by atoms with van der Waals surface area (Å²) in [6.45, 7) is 5.94. The highest BCUT2D eigenvalue weighted by molar-refractivity contribution is 5.85. The van der Waals surface area contributed by atoms with E-state index in [2.05, 4.69) is 22.4 Å². The van der Waals surface area contributed by atoms with Crippen molar-refractivity contribution in [2.45, 2.75) is 39.0 Å². The number of carbonyl (C=O) groups is 1. The van der Waals surface area contributed by atoms with Crippen molar-refractivity contribution in [3.05, 3.63) is 30.2 Å². The van der Waals surface area contributed by atoms with Gasteiger partial charge < -0.3 is 19.5 Å². The fourth-order valence-corrected chi connectivity index (χ4v) is 3.50. The lowest BCUT2D eigenvalue weighted by atomic mass is 9.96. The van der Waals surface area contributed by atoms with Crippen molar-refractivity contribution in [1.29, 1.82) is 0 Å². The fourth-order valence-electron chi connectivity index (χ4n) is 3.50. The molecule has 3 rings (SSSR count). The summed E-state index contributed by atoms with van der Waals surface area (Å²) in [4.78, 5) is 18.9. The Balaban J connectivity index is 0.00000300. The molecule has 1 aromatic heterocycles. The van der Waals surface area contributed by atoms with Crippen molar-refractivity contribution in [3.63, 3.8) is 0 Å². The number of rotatable bonds is 9. The van der Waals surface area contributed by atoms with E-state index >= 15 is 0 Å². The molecule has 2 aromatic rings. The number of methoxy groups -OCH3 is 1. The molecule has 1 aliphatic rings. The molecule has 1 N–H and O–H groups in total. The molecule has 7 nitrogen and oxygen atoms in total. The first-order valence-corrected chi connectivity index (χ1v) is 10.1. The number of halogens is 1. The molecular weight excluding hydrogens is 392 g/mol. The van der Waals surface area contributed by atoms with Gasteiger partial charge in [0.2, 0.25) is 17.6 Å². The molecule has 0 unspecified atom stereocenters. The largest absolute Gasteiger partial charge is 0.497 e. The molecule has 0 spiro atoms. The molecule has 1 aromatic carbocycles. The van der Waals surface area contributed by atoms with Crippen molar-refractivity contribution in [2.75, 3.05) is 33.3 Å². The van der Waals surface area contributed by atoms with Crippen LogP contribution in [0.3, 0.4) is 0 Å². The Morgan fingerprint density at radius 2 is 2.00 bits per heavy atom. The van der Waals surface area contributed by atoms with Crippen LogP contribution in [-0.4, -0.2) is 54.2 Å². The maximum absolute atomic E-state index is 12.4. The molecule has 0 bridgehead atoms. The van der Waals surface area contributed by atoms with Crippen LogP contribution in [0.1, 0.15) is 38.5 Å². The summed E-state index contributed by atoms with van der Waals surface area (Å²) in [7, 11) is 1.63. The van der Waals surface area contributed by atoms with Gasteiger partial charge in [0.05, 0.1) is 7.11 Å². The topological polar surface area (TPSA) is 80.5 Å². The minimum atomic E-state index is 0. The maximum Gasteiger partial charge on any atom is 0.226 e. The predicted molar refractivity (Wildman–Crippen MR) is 114 cm³/mol. The van der Waals surface area contributed by atoms with E-state index in [1.807, 2.05) is 29.2 Å². The van der Waals surface area contributed by atoms with Gasteiger partial charge in [-0.3, -0.25) is 4.79 Å². The summed E-state index contributed by atoms with van der Waals surface area (Å²) in [5.74, 6) is 2.85. The molecule has 0 saturated carbocycles. The molecule has 2 heterocycles. The fraction of sp³-hybridized carbons (Fsp3) is 0.571. The number of aromatic nitrogens is 2. The van der Waals surface area contributed by atoms with Gasteiger partial charge in [-0.05, 0) is 62.5 Å². The van der Waals surface area contributed by atoms with Crippen LogP contribution in [0.2, 0.25) is 0 Å². The van der Waals surface area contributed by atoms with Crippen LogP contribution in [0.25, 0.3) is 11.4 Å². The number of hydrogen-bond acceptors (Lipinski definition) is 6. The Kier molecular flexibility index (Phi) is 9.41. The van der Waals surface area contributed by atoms with Crippen LogP contribution in [0.4, 0.5) is 0 Å². The average molecular weight is 423 g/mol. The van der Waals surface area contributed by atoms with Gasteiger partial charge in [0.1, 0.15) is 5.75 Å². The third kappa shape index (κ3) is 6.72. The number of aryl methyl sites for hydroxylation is 1. The van der Waals surface area contributed by atoms with Gasteiger partial charge in [-0.15, -0.1) is 12.4 Å². The molecule has 1 fully saturated rings. The minimum absolute atomic E-state index is 0. The molecule has 160 valence electrons. The number of ether oxygens (including phenoxy) is 1. The van der Waals surface area contributed by atoms with E-state index in [0.717, 1.165) is 56.8 Å². The lowest BCUT2D eigenvalue weighted by Gasteiger charge is -2.32. The van der Waals surface area contributed by atoms with E-state index in [0.29, 0.717) is 30.5 Å². The van der Waals surface area contributed by atoms with E-state index < -0.39 is 0 Å². The highest BCUT2D eigenvalue weighted by Crippen LogP contribution is 2.21. The normalized spacial score (nSPS) is 14.5. The van der Waals surface area contributed by atoms with Gasteiger partial charge in [0.25, 0.3) is 0 Å². The molecule has 1 saturated heterocycles. The highest BCUT2D eigenvalue weighted by atomic mass is 35.5. The van der Waals surface area contributed by atoms with Crippen molar-refractivity contribution in [3.8, 4) is 17.1 Å². The van der Waals surface area contributed by atoms with E-state index in [1.165, 1.54) is 0 Å². The first kappa shape index (κ1) is 23.2. The smallest absolute Gasteiger partial charge is 0.226 e. The SMILES string of the molecule is CCNCC1CCN(C(=O)CCCc2nc(-c3ccc(OC)cc3)no2)CC1.Cl. The van der Waals surface area contributed by atoms with E-state index in [4.69, 9.17) is 9.26 Å². The van der Waals surface area contributed by atoms with E-state index in [9.17, 15) is 4.79 Å². The molecule has 1 amide bonds. The first-order chi connectivity index (χ1) is 13.7. The molecule has 8 heteroatoms. The zero-order valence-electron chi connectivity index (χ0n) is 17.2.